The van der Waals surface area contributed by atoms with Crippen LogP contribution in [0, 0.1) is 11.6 Å². The van der Waals surface area contributed by atoms with E-state index in [1.807, 2.05) is 0 Å². The second-order valence-electron chi connectivity index (χ2n) is 3.59. The Morgan fingerprint density at radius 3 is 2.41 bits per heavy atom. The first-order valence-electron chi connectivity index (χ1n) is 4.97. The van der Waals surface area contributed by atoms with Gasteiger partial charge in [-0.15, -0.1) is 0 Å². The summed E-state index contributed by atoms with van der Waals surface area (Å²) in [5.74, 6) is -0.995. The lowest BCUT2D eigenvalue weighted by Crippen LogP contribution is -2.04. The predicted octanol–water partition coefficient (Wildman–Crippen LogP) is 3.81. The average molecular weight is 299 g/mol. The Balaban J connectivity index is 2.47. The highest BCUT2D eigenvalue weighted by Crippen LogP contribution is 2.30. The van der Waals surface area contributed by atoms with Gasteiger partial charge in [0.05, 0.1) is 0 Å². The van der Waals surface area contributed by atoms with Gasteiger partial charge >= 0.3 is 0 Å². The third-order valence-corrected chi connectivity index (χ3v) is 3.13. The van der Waals surface area contributed by atoms with Crippen LogP contribution in [-0.4, -0.2) is 5.11 Å². The number of rotatable bonds is 2. The Bertz CT molecular complexity index is 522. The van der Waals surface area contributed by atoms with Crippen molar-refractivity contribution in [3.63, 3.8) is 0 Å². The zero-order chi connectivity index (χ0) is 12.4. The SMILES string of the molecule is OC(c1cccc(F)c1)c1c(F)cccc1Br. The summed E-state index contributed by atoms with van der Waals surface area (Å²) >= 11 is 3.17. The minimum Gasteiger partial charge on any atom is -0.384 e. The maximum atomic E-state index is 13.6. The van der Waals surface area contributed by atoms with Gasteiger partial charge in [-0.3, -0.25) is 0 Å². The number of benzene rings is 2. The van der Waals surface area contributed by atoms with Crippen molar-refractivity contribution in [2.24, 2.45) is 0 Å². The molecule has 0 aromatic heterocycles. The Morgan fingerprint density at radius 2 is 1.76 bits per heavy atom. The third-order valence-electron chi connectivity index (χ3n) is 2.44. The maximum Gasteiger partial charge on any atom is 0.130 e. The summed E-state index contributed by atoms with van der Waals surface area (Å²) in [6, 6.07) is 9.89. The molecule has 4 heteroatoms. The van der Waals surface area contributed by atoms with Crippen LogP contribution < -0.4 is 0 Å². The number of hydrogen-bond acceptors (Lipinski definition) is 1. The van der Waals surface area contributed by atoms with Crippen LogP contribution in [0.25, 0.3) is 0 Å². The maximum absolute atomic E-state index is 13.6. The first-order chi connectivity index (χ1) is 8.09. The van der Waals surface area contributed by atoms with Crippen molar-refractivity contribution in [1.29, 1.82) is 0 Å². The molecule has 0 fully saturated rings. The Hall–Kier alpha value is -1.26. The lowest BCUT2D eigenvalue weighted by atomic mass is 10.0. The number of aliphatic hydroxyl groups excluding tert-OH is 1. The third kappa shape index (κ3) is 2.53. The quantitative estimate of drug-likeness (QED) is 0.894. The smallest absolute Gasteiger partial charge is 0.130 e. The first-order valence-corrected chi connectivity index (χ1v) is 5.76. The van der Waals surface area contributed by atoms with E-state index < -0.39 is 17.7 Å². The van der Waals surface area contributed by atoms with Crippen LogP contribution in [0.3, 0.4) is 0 Å². The molecule has 0 bridgehead atoms. The van der Waals surface area contributed by atoms with Crippen LogP contribution in [-0.2, 0) is 0 Å². The molecule has 0 aliphatic rings. The van der Waals surface area contributed by atoms with Gasteiger partial charge in [0.2, 0.25) is 0 Å². The van der Waals surface area contributed by atoms with E-state index in [-0.39, 0.29) is 5.56 Å². The highest BCUT2D eigenvalue weighted by Gasteiger charge is 2.18. The highest BCUT2D eigenvalue weighted by atomic mass is 79.9. The molecule has 0 aliphatic heterocycles. The predicted molar refractivity (Wildman–Crippen MR) is 64.6 cm³/mol. The van der Waals surface area contributed by atoms with Crippen LogP contribution in [0.15, 0.2) is 46.9 Å². The molecule has 2 aromatic carbocycles. The van der Waals surface area contributed by atoms with Crippen LogP contribution in [0.1, 0.15) is 17.2 Å². The fraction of sp³-hybridized carbons (Fsp3) is 0.0769. The molecule has 88 valence electrons. The standard InChI is InChI=1S/C13H9BrF2O/c14-10-5-2-6-11(16)12(10)13(17)8-3-1-4-9(15)7-8/h1-7,13,17H. The second kappa shape index (κ2) is 4.94. The van der Waals surface area contributed by atoms with Gasteiger partial charge in [0.15, 0.2) is 0 Å². The molecule has 2 rings (SSSR count). The Kier molecular flexibility index (Phi) is 3.54. The van der Waals surface area contributed by atoms with Gasteiger partial charge in [-0.25, -0.2) is 8.78 Å². The Morgan fingerprint density at radius 1 is 1.06 bits per heavy atom. The molecule has 0 amide bonds. The highest BCUT2D eigenvalue weighted by molar-refractivity contribution is 9.10. The van der Waals surface area contributed by atoms with Gasteiger partial charge < -0.3 is 5.11 Å². The molecule has 1 atom stereocenters. The summed E-state index contributed by atoms with van der Waals surface area (Å²) in [7, 11) is 0. The molecule has 2 aromatic rings. The van der Waals surface area contributed by atoms with Crippen molar-refractivity contribution in [2.45, 2.75) is 6.10 Å². The Labute approximate surface area is 106 Å². The minimum atomic E-state index is -1.19. The molecule has 1 unspecified atom stereocenters. The molecule has 17 heavy (non-hydrogen) atoms. The van der Waals surface area contributed by atoms with Crippen molar-refractivity contribution in [3.05, 3.63) is 69.7 Å². The largest absolute Gasteiger partial charge is 0.384 e. The van der Waals surface area contributed by atoms with Gasteiger partial charge in [-0.2, -0.15) is 0 Å². The van der Waals surface area contributed by atoms with E-state index in [4.69, 9.17) is 0 Å². The van der Waals surface area contributed by atoms with Gasteiger partial charge in [-0.05, 0) is 29.8 Å². The van der Waals surface area contributed by atoms with Crippen molar-refractivity contribution in [2.75, 3.05) is 0 Å². The van der Waals surface area contributed by atoms with E-state index in [0.717, 1.165) is 0 Å². The molecule has 0 spiro atoms. The molecular weight excluding hydrogens is 290 g/mol. The van der Waals surface area contributed by atoms with Crippen LogP contribution in [0.5, 0.6) is 0 Å². The van der Waals surface area contributed by atoms with Crippen LogP contribution in [0.4, 0.5) is 8.78 Å². The normalized spacial score (nSPS) is 12.5. The fourth-order valence-corrected chi connectivity index (χ4v) is 2.17. The average Bonchev–Trinajstić information content (AvgIpc) is 2.28. The van der Waals surface area contributed by atoms with Gasteiger partial charge in [0.25, 0.3) is 0 Å². The van der Waals surface area contributed by atoms with Gasteiger partial charge in [0, 0.05) is 10.0 Å². The minimum absolute atomic E-state index is 0.109. The summed E-state index contributed by atoms with van der Waals surface area (Å²) in [6.45, 7) is 0. The second-order valence-corrected chi connectivity index (χ2v) is 4.45. The molecule has 0 heterocycles. The van der Waals surface area contributed by atoms with Crippen molar-refractivity contribution >= 4 is 15.9 Å². The molecular formula is C13H9BrF2O. The number of hydrogen-bond donors (Lipinski definition) is 1. The lowest BCUT2D eigenvalue weighted by Gasteiger charge is -2.14. The first kappa shape index (κ1) is 12.2. The molecule has 0 aliphatic carbocycles. The van der Waals surface area contributed by atoms with Gasteiger partial charge in [-0.1, -0.05) is 34.1 Å². The molecule has 1 nitrogen and oxygen atoms in total. The number of aliphatic hydroxyl groups is 1. The monoisotopic (exact) mass is 298 g/mol. The molecule has 0 saturated carbocycles. The van der Waals surface area contributed by atoms with E-state index in [1.54, 1.807) is 12.1 Å². The molecule has 1 N–H and O–H groups in total. The van der Waals surface area contributed by atoms with E-state index in [2.05, 4.69) is 15.9 Å². The summed E-state index contributed by atoms with van der Waals surface area (Å²) in [5, 5.41) is 10.0. The van der Waals surface area contributed by atoms with Crippen LogP contribution in [0.2, 0.25) is 0 Å². The molecule has 0 radical (unpaired) electrons. The van der Waals surface area contributed by atoms with Crippen LogP contribution >= 0.6 is 15.9 Å². The summed E-state index contributed by atoms with van der Waals surface area (Å²) in [6.07, 6.45) is -1.19. The van der Waals surface area contributed by atoms with Crippen molar-refractivity contribution < 1.29 is 13.9 Å². The van der Waals surface area contributed by atoms with Crippen molar-refractivity contribution in [3.8, 4) is 0 Å². The van der Waals surface area contributed by atoms with E-state index >= 15 is 0 Å². The van der Waals surface area contributed by atoms with E-state index in [9.17, 15) is 13.9 Å². The van der Waals surface area contributed by atoms with E-state index in [0.29, 0.717) is 10.0 Å². The summed E-state index contributed by atoms with van der Waals surface area (Å²) < 4.78 is 27.1. The molecule has 0 saturated heterocycles. The zero-order valence-corrected chi connectivity index (χ0v) is 10.3. The topological polar surface area (TPSA) is 20.2 Å². The zero-order valence-electron chi connectivity index (χ0n) is 8.70. The number of halogens is 3. The van der Waals surface area contributed by atoms with E-state index in [1.165, 1.54) is 30.3 Å². The summed E-state index contributed by atoms with van der Waals surface area (Å²) in [4.78, 5) is 0. The van der Waals surface area contributed by atoms with Gasteiger partial charge in [0.1, 0.15) is 17.7 Å². The van der Waals surface area contributed by atoms with Crippen molar-refractivity contribution in [1.82, 2.24) is 0 Å². The lowest BCUT2D eigenvalue weighted by molar-refractivity contribution is 0.213. The summed E-state index contributed by atoms with van der Waals surface area (Å²) in [5.41, 5.74) is 0.425. The fourth-order valence-electron chi connectivity index (χ4n) is 1.62.